The van der Waals surface area contributed by atoms with Gasteiger partial charge in [-0.25, -0.2) is 4.98 Å². The molecule has 19 heavy (non-hydrogen) atoms. The van der Waals surface area contributed by atoms with Gasteiger partial charge in [-0.3, -0.25) is 4.79 Å². The first-order chi connectivity index (χ1) is 8.99. The number of carbonyl (C=O) groups is 1. The standard InChI is InChI=1S/C14H17N3OS/c1-9-4-5-11(12(15)6-9)14(18)17(3)7-13-10(2)16-8-19-13/h4-6,8H,7,15H2,1-3H3. The molecule has 1 amide bonds. The number of benzene rings is 1. The second-order valence-electron chi connectivity index (χ2n) is 4.61. The number of anilines is 1. The largest absolute Gasteiger partial charge is 0.398 e. The average molecular weight is 275 g/mol. The van der Waals surface area contributed by atoms with E-state index in [0.717, 1.165) is 16.1 Å². The van der Waals surface area contributed by atoms with Crippen LogP contribution in [-0.4, -0.2) is 22.8 Å². The minimum absolute atomic E-state index is 0.0645. The van der Waals surface area contributed by atoms with Gasteiger partial charge in [-0.1, -0.05) is 6.07 Å². The summed E-state index contributed by atoms with van der Waals surface area (Å²) in [6.45, 7) is 4.46. The zero-order chi connectivity index (χ0) is 14.0. The molecule has 0 saturated heterocycles. The number of hydrogen-bond donors (Lipinski definition) is 1. The fourth-order valence-corrected chi connectivity index (χ4v) is 2.68. The fourth-order valence-electron chi connectivity index (χ4n) is 1.85. The number of thiazole rings is 1. The molecule has 0 bridgehead atoms. The van der Waals surface area contributed by atoms with Crippen LogP contribution in [0.15, 0.2) is 23.7 Å². The molecule has 0 aliphatic rings. The summed E-state index contributed by atoms with van der Waals surface area (Å²) in [4.78, 5) is 19.3. The highest BCUT2D eigenvalue weighted by Crippen LogP contribution is 2.19. The van der Waals surface area contributed by atoms with Gasteiger partial charge in [0.1, 0.15) is 0 Å². The molecule has 2 rings (SSSR count). The molecule has 1 aromatic heterocycles. The predicted octanol–water partition coefficient (Wildman–Crippen LogP) is 2.61. The van der Waals surface area contributed by atoms with Crippen LogP contribution in [-0.2, 0) is 6.54 Å². The molecule has 0 saturated carbocycles. The third-order valence-corrected chi connectivity index (χ3v) is 3.93. The lowest BCUT2D eigenvalue weighted by molar-refractivity contribution is 0.0787. The molecule has 5 heteroatoms. The Morgan fingerprint density at radius 3 is 2.74 bits per heavy atom. The topological polar surface area (TPSA) is 59.2 Å². The number of aromatic nitrogens is 1. The van der Waals surface area contributed by atoms with Gasteiger partial charge >= 0.3 is 0 Å². The summed E-state index contributed by atoms with van der Waals surface area (Å²) in [5.41, 5.74) is 10.8. The van der Waals surface area contributed by atoms with E-state index in [-0.39, 0.29) is 5.91 Å². The van der Waals surface area contributed by atoms with E-state index >= 15 is 0 Å². The Labute approximate surface area is 116 Å². The minimum Gasteiger partial charge on any atom is -0.398 e. The molecule has 1 aromatic carbocycles. The minimum atomic E-state index is -0.0645. The molecule has 0 spiro atoms. The highest BCUT2D eigenvalue weighted by atomic mass is 32.1. The lowest BCUT2D eigenvalue weighted by Gasteiger charge is -2.18. The van der Waals surface area contributed by atoms with Crippen molar-refractivity contribution in [3.63, 3.8) is 0 Å². The van der Waals surface area contributed by atoms with Crippen LogP contribution >= 0.6 is 11.3 Å². The van der Waals surface area contributed by atoms with E-state index in [9.17, 15) is 4.79 Å². The third-order valence-electron chi connectivity index (χ3n) is 3.01. The summed E-state index contributed by atoms with van der Waals surface area (Å²) in [6.07, 6.45) is 0. The summed E-state index contributed by atoms with van der Waals surface area (Å²) in [6, 6.07) is 5.50. The lowest BCUT2D eigenvalue weighted by Crippen LogP contribution is -2.26. The highest BCUT2D eigenvalue weighted by molar-refractivity contribution is 7.09. The molecule has 0 aliphatic heterocycles. The van der Waals surface area contributed by atoms with Gasteiger partial charge in [0.2, 0.25) is 0 Å². The van der Waals surface area contributed by atoms with Gasteiger partial charge in [-0.15, -0.1) is 11.3 Å². The van der Waals surface area contributed by atoms with E-state index in [1.54, 1.807) is 34.9 Å². The smallest absolute Gasteiger partial charge is 0.256 e. The number of aryl methyl sites for hydroxylation is 2. The summed E-state index contributed by atoms with van der Waals surface area (Å²) in [5.74, 6) is -0.0645. The van der Waals surface area contributed by atoms with E-state index in [1.165, 1.54) is 0 Å². The Kier molecular flexibility index (Phi) is 3.85. The van der Waals surface area contributed by atoms with Crippen LogP contribution in [0.2, 0.25) is 0 Å². The predicted molar refractivity (Wildman–Crippen MR) is 78.2 cm³/mol. The number of carbonyl (C=O) groups excluding carboxylic acids is 1. The summed E-state index contributed by atoms with van der Waals surface area (Å²) in [5, 5.41) is 0. The molecule has 0 fully saturated rings. The number of nitrogens with two attached hydrogens (primary N) is 1. The van der Waals surface area contributed by atoms with Gasteiger partial charge in [-0.05, 0) is 31.5 Å². The molecule has 4 nitrogen and oxygen atoms in total. The number of amides is 1. The molecule has 0 aliphatic carbocycles. The van der Waals surface area contributed by atoms with E-state index in [2.05, 4.69) is 4.98 Å². The lowest BCUT2D eigenvalue weighted by atomic mass is 10.1. The monoisotopic (exact) mass is 275 g/mol. The zero-order valence-electron chi connectivity index (χ0n) is 11.3. The summed E-state index contributed by atoms with van der Waals surface area (Å²) >= 11 is 1.56. The van der Waals surface area contributed by atoms with Crippen molar-refractivity contribution in [1.82, 2.24) is 9.88 Å². The Morgan fingerprint density at radius 1 is 1.42 bits per heavy atom. The van der Waals surface area contributed by atoms with Crippen LogP contribution in [0.1, 0.15) is 26.5 Å². The molecule has 2 N–H and O–H groups in total. The maximum Gasteiger partial charge on any atom is 0.256 e. The highest BCUT2D eigenvalue weighted by Gasteiger charge is 2.16. The second kappa shape index (κ2) is 5.40. The Bertz CT molecular complexity index is 606. The normalized spacial score (nSPS) is 10.5. The van der Waals surface area contributed by atoms with E-state index in [4.69, 9.17) is 5.73 Å². The van der Waals surface area contributed by atoms with Crippen LogP contribution < -0.4 is 5.73 Å². The SMILES string of the molecule is Cc1ccc(C(=O)N(C)Cc2scnc2C)c(N)c1. The Balaban J connectivity index is 2.17. The van der Waals surface area contributed by atoms with Gasteiger partial charge in [0.25, 0.3) is 5.91 Å². The van der Waals surface area contributed by atoms with Crippen molar-refractivity contribution in [3.05, 3.63) is 45.4 Å². The van der Waals surface area contributed by atoms with Crippen molar-refractivity contribution >= 4 is 22.9 Å². The van der Waals surface area contributed by atoms with Gasteiger partial charge in [0, 0.05) is 17.6 Å². The van der Waals surface area contributed by atoms with Gasteiger partial charge in [-0.2, -0.15) is 0 Å². The van der Waals surface area contributed by atoms with Crippen LogP contribution in [0, 0.1) is 13.8 Å². The number of hydrogen-bond acceptors (Lipinski definition) is 4. The second-order valence-corrected chi connectivity index (χ2v) is 5.55. The molecule has 0 atom stereocenters. The van der Waals surface area contributed by atoms with Crippen molar-refractivity contribution in [2.45, 2.75) is 20.4 Å². The Morgan fingerprint density at radius 2 is 2.16 bits per heavy atom. The molecular formula is C14H17N3OS. The first kappa shape index (κ1) is 13.5. The van der Waals surface area contributed by atoms with E-state index in [0.29, 0.717) is 17.8 Å². The zero-order valence-corrected chi connectivity index (χ0v) is 12.1. The van der Waals surface area contributed by atoms with Crippen LogP contribution in [0.3, 0.4) is 0 Å². The summed E-state index contributed by atoms with van der Waals surface area (Å²) in [7, 11) is 1.78. The molecular weight excluding hydrogens is 258 g/mol. The molecule has 0 radical (unpaired) electrons. The maximum atomic E-state index is 12.3. The van der Waals surface area contributed by atoms with E-state index in [1.807, 2.05) is 26.0 Å². The van der Waals surface area contributed by atoms with Crippen LogP contribution in [0.5, 0.6) is 0 Å². The van der Waals surface area contributed by atoms with Crippen molar-refractivity contribution in [1.29, 1.82) is 0 Å². The van der Waals surface area contributed by atoms with Gasteiger partial charge in [0.05, 0.1) is 23.3 Å². The third kappa shape index (κ3) is 2.93. The first-order valence-corrected chi connectivity index (χ1v) is 6.87. The Hall–Kier alpha value is -1.88. The molecule has 2 aromatic rings. The molecule has 0 unspecified atom stereocenters. The van der Waals surface area contributed by atoms with E-state index < -0.39 is 0 Å². The van der Waals surface area contributed by atoms with Crippen LogP contribution in [0.4, 0.5) is 5.69 Å². The quantitative estimate of drug-likeness (QED) is 0.876. The van der Waals surface area contributed by atoms with Crippen molar-refractivity contribution in [2.75, 3.05) is 12.8 Å². The van der Waals surface area contributed by atoms with Gasteiger partial charge < -0.3 is 10.6 Å². The molecule has 100 valence electrons. The number of rotatable bonds is 3. The summed E-state index contributed by atoms with van der Waals surface area (Å²) < 4.78 is 0. The fraction of sp³-hybridized carbons (Fsp3) is 0.286. The number of nitrogen functional groups attached to an aromatic ring is 1. The van der Waals surface area contributed by atoms with Crippen molar-refractivity contribution in [2.24, 2.45) is 0 Å². The average Bonchev–Trinajstić information content (AvgIpc) is 2.74. The maximum absolute atomic E-state index is 12.3. The van der Waals surface area contributed by atoms with Crippen molar-refractivity contribution < 1.29 is 4.79 Å². The molecule has 1 heterocycles. The van der Waals surface area contributed by atoms with Crippen LogP contribution in [0.25, 0.3) is 0 Å². The number of nitrogens with zero attached hydrogens (tertiary/aromatic N) is 2. The van der Waals surface area contributed by atoms with Crippen molar-refractivity contribution in [3.8, 4) is 0 Å². The van der Waals surface area contributed by atoms with Gasteiger partial charge in [0.15, 0.2) is 0 Å². The first-order valence-electron chi connectivity index (χ1n) is 5.99.